The van der Waals surface area contributed by atoms with E-state index < -0.39 is 5.79 Å². The Labute approximate surface area is 109 Å². The van der Waals surface area contributed by atoms with Gasteiger partial charge >= 0.3 is 0 Å². The van der Waals surface area contributed by atoms with Crippen molar-refractivity contribution in [2.75, 3.05) is 14.2 Å². The lowest BCUT2D eigenvalue weighted by atomic mass is 9.82. The van der Waals surface area contributed by atoms with Crippen LogP contribution in [0.1, 0.15) is 37.3 Å². The number of hydrogen-bond donors (Lipinski definition) is 0. The van der Waals surface area contributed by atoms with Crippen LogP contribution in [-0.2, 0) is 15.3 Å². The monoisotopic (exact) mass is 244 g/mol. The first-order valence-electron chi connectivity index (χ1n) is 6.68. The van der Waals surface area contributed by atoms with Crippen LogP contribution in [0, 0.1) is 5.92 Å². The summed E-state index contributed by atoms with van der Waals surface area (Å²) in [6.07, 6.45) is 3.63. The van der Waals surface area contributed by atoms with Gasteiger partial charge in [-0.15, -0.1) is 0 Å². The molecule has 0 aliphatic heterocycles. The molecule has 0 aromatic heterocycles. The van der Waals surface area contributed by atoms with E-state index in [4.69, 9.17) is 9.47 Å². The van der Waals surface area contributed by atoms with Gasteiger partial charge in [0.25, 0.3) is 0 Å². The molecule has 0 saturated heterocycles. The van der Waals surface area contributed by atoms with Crippen LogP contribution in [-0.4, -0.2) is 14.2 Å². The molecule has 2 aliphatic rings. The average Bonchev–Trinajstić information content (AvgIpc) is 2.71. The van der Waals surface area contributed by atoms with Crippen molar-refractivity contribution in [2.24, 2.45) is 5.92 Å². The minimum atomic E-state index is -0.647. The molecule has 1 aromatic carbocycles. The van der Waals surface area contributed by atoms with Crippen molar-refractivity contribution in [1.29, 1.82) is 0 Å². The van der Waals surface area contributed by atoms with Gasteiger partial charge in [-0.3, -0.25) is 0 Å². The molecule has 96 valence electrons. The van der Waals surface area contributed by atoms with Gasteiger partial charge in [-0.05, 0) is 36.3 Å². The van der Waals surface area contributed by atoms with Crippen LogP contribution in [0.25, 0.3) is 5.57 Å². The molecule has 3 rings (SSSR count). The van der Waals surface area contributed by atoms with Gasteiger partial charge in [-0.25, -0.2) is 0 Å². The smallest absolute Gasteiger partial charge is 0.219 e. The molecule has 1 unspecified atom stereocenters. The Morgan fingerprint density at radius 2 is 1.89 bits per heavy atom. The number of rotatable bonds is 2. The van der Waals surface area contributed by atoms with Crippen LogP contribution in [0.2, 0.25) is 0 Å². The van der Waals surface area contributed by atoms with Gasteiger partial charge in [0.2, 0.25) is 5.79 Å². The molecule has 2 nitrogen and oxygen atoms in total. The topological polar surface area (TPSA) is 18.5 Å². The summed E-state index contributed by atoms with van der Waals surface area (Å²) >= 11 is 0. The first-order chi connectivity index (χ1) is 8.74. The van der Waals surface area contributed by atoms with Crippen molar-refractivity contribution >= 4 is 5.57 Å². The Morgan fingerprint density at radius 3 is 2.61 bits per heavy atom. The molecule has 0 N–H and O–H groups in total. The Balaban J connectivity index is 2.27. The third kappa shape index (κ3) is 1.36. The minimum Gasteiger partial charge on any atom is -0.346 e. The third-order valence-corrected chi connectivity index (χ3v) is 4.42. The van der Waals surface area contributed by atoms with Crippen molar-refractivity contribution < 1.29 is 9.47 Å². The standard InChI is InChI=1S/C16H20O2/c1-11-7-6-9-13-12-8-4-5-10-14(12)16(17-2,18-3)15(11)13/h4-5,8,10-11H,6-7,9H2,1-3H3. The number of hydrogen-bond acceptors (Lipinski definition) is 2. The Morgan fingerprint density at radius 1 is 1.17 bits per heavy atom. The summed E-state index contributed by atoms with van der Waals surface area (Å²) in [5, 5.41) is 0. The van der Waals surface area contributed by atoms with Crippen LogP contribution < -0.4 is 0 Å². The maximum atomic E-state index is 5.83. The summed E-state index contributed by atoms with van der Waals surface area (Å²) in [6, 6.07) is 8.49. The second kappa shape index (κ2) is 4.22. The summed E-state index contributed by atoms with van der Waals surface area (Å²) in [5.41, 5.74) is 5.30. The first kappa shape index (κ1) is 11.9. The van der Waals surface area contributed by atoms with Gasteiger partial charge in [0, 0.05) is 25.4 Å². The van der Waals surface area contributed by atoms with E-state index in [0.29, 0.717) is 5.92 Å². The fraction of sp³-hybridized carbons (Fsp3) is 0.500. The quantitative estimate of drug-likeness (QED) is 0.738. The van der Waals surface area contributed by atoms with Gasteiger partial charge in [0.1, 0.15) is 0 Å². The van der Waals surface area contributed by atoms with Crippen molar-refractivity contribution in [2.45, 2.75) is 32.0 Å². The minimum absolute atomic E-state index is 0.529. The molecule has 1 atom stereocenters. The van der Waals surface area contributed by atoms with Gasteiger partial charge < -0.3 is 9.47 Å². The van der Waals surface area contributed by atoms with E-state index in [1.54, 1.807) is 14.2 Å². The Bertz CT molecular complexity index is 498. The van der Waals surface area contributed by atoms with E-state index >= 15 is 0 Å². The molecule has 18 heavy (non-hydrogen) atoms. The predicted octanol–water partition coefficient (Wildman–Crippen LogP) is 3.72. The van der Waals surface area contributed by atoms with Gasteiger partial charge in [-0.2, -0.15) is 0 Å². The molecule has 0 fully saturated rings. The molecule has 1 aromatic rings. The predicted molar refractivity (Wildman–Crippen MR) is 72.1 cm³/mol. The van der Waals surface area contributed by atoms with Crippen molar-refractivity contribution in [3.05, 3.63) is 41.0 Å². The highest BCUT2D eigenvalue weighted by Crippen LogP contribution is 2.54. The summed E-state index contributed by atoms with van der Waals surface area (Å²) in [6.45, 7) is 2.28. The zero-order chi connectivity index (χ0) is 12.8. The highest BCUT2D eigenvalue weighted by molar-refractivity contribution is 5.80. The number of methoxy groups -OCH3 is 2. The fourth-order valence-corrected chi connectivity index (χ4v) is 3.67. The average molecular weight is 244 g/mol. The first-order valence-corrected chi connectivity index (χ1v) is 6.68. The molecule has 2 heteroatoms. The molecule has 0 amide bonds. The van der Waals surface area contributed by atoms with Crippen LogP contribution in [0.3, 0.4) is 0 Å². The third-order valence-electron chi connectivity index (χ3n) is 4.42. The summed E-state index contributed by atoms with van der Waals surface area (Å²) in [5.74, 6) is -0.118. The van der Waals surface area contributed by atoms with Crippen molar-refractivity contribution in [1.82, 2.24) is 0 Å². The molecule has 0 spiro atoms. The molecule has 0 bridgehead atoms. The number of ether oxygens (including phenoxy) is 2. The summed E-state index contributed by atoms with van der Waals surface area (Å²) in [7, 11) is 3.50. The van der Waals surface area contributed by atoms with Crippen LogP contribution >= 0.6 is 0 Å². The molecule has 0 heterocycles. The molecule has 2 aliphatic carbocycles. The normalized spacial score (nSPS) is 24.9. The lowest BCUT2D eigenvalue weighted by Gasteiger charge is -2.35. The van der Waals surface area contributed by atoms with Crippen LogP contribution in [0.4, 0.5) is 0 Å². The fourth-order valence-electron chi connectivity index (χ4n) is 3.67. The largest absolute Gasteiger partial charge is 0.346 e. The van der Waals surface area contributed by atoms with Gasteiger partial charge in [0.05, 0.1) is 0 Å². The van der Waals surface area contributed by atoms with E-state index in [9.17, 15) is 0 Å². The second-order valence-corrected chi connectivity index (χ2v) is 5.26. The maximum absolute atomic E-state index is 5.83. The zero-order valence-corrected chi connectivity index (χ0v) is 11.3. The number of allylic oxidation sites excluding steroid dienone is 1. The highest BCUT2D eigenvalue weighted by Gasteiger charge is 2.48. The van der Waals surface area contributed by atoms with Gasteiger partial charge in [-0.1, -0.05) is 31.2 Å². The van der Waals surface area contributed by atoms with E-state index in [1.807, 2.05) is 0 Å². The SMILES string of the molecule is COC1(OC)C2=C(CCCC2C)c2ccccc21. The lowest BCUT2D eigenvalue weighted by Crippen LogP contribution is -2.34. The Kier molecular flexibility index (Phi) is 2.80. The van der Waals surface area contributed by atoms with Crippen LogP contribution in [0.5, 0.6) is 0 Å². The summed E-state index contributed by atoms with van der Waals surface area (Å²) in [4.78, 5) is 0. The van der Waals surface area contributed by atoms with Gasteiger partial charge in [0.15, 0.2) is 0 Å². The lowest BCUT2D eigenvalue weighted by molar-refractivity contribution is -0.189. The number of fused-ring (bicyclic) bond motifs is 2. The van der Waals surface area contributed by atoms with Crippen molar-refractivity contribution in [3.63, 3.8) is 0 Å². The summed E-state index contributed by atoms with van der Waals surface area (Å²) < 4.78 is 11.7. The Hall–Kier alpha value is -1.12. The van der Waals surface area contributed by atoms with E-state index in [1.165, 1.54) is 35.1 Å². The zero-order valence-electron chi connectivity index (χ0n) is 11.3. The van der Waals surface area contributed by atoms with E-state index in [-0.39, 0.29) is 0 Å². The number of benzene rings is 1. The maximum Gasteiger partial charge on any atom is 0.219 e. The van der Waals surface area contributed by atoms with E-state index in [2.05, 4.69) is 31.2 Å². The highest BCUT2D eigenvalue weighted by atomic mass is 16.7. The van der Waals surface area contributed by atoms with Crippen LogP contribution in [0.15, 0.2) is 29.8 Å². The molecular weight excluding hydrogens is 224 g/mol. The molecule has 0 radical (unpaired) electrons. The van der Waals surface area contributed by atoms with Crippen molar-refractivity contribution in [3.8, 4) is 0 Å². The second-order valence-electron chi connectivity index (χ2n) is 5.26. The molecular formula is C16H20O2. The van der Waals surface area contributed by atoms with E-state index in [0.717, 1.165) is 6.42 Å². The molecule has 0 saturated carbocycles.